The summed E-state index contributed by atoms with van der Waals surface area (Å²) in [6.07, 6.45) is 2.61. The normalized spacial score (nSPS) is 24.9. The van der Waals surface area contributed by atoms with Gasteiger partial charge in [0.15, 0.2) is 0 Å². The molecule has 1 aliphatic rings. The minimum atomic E-state index is 0.410. The monoisotopic (exact) mass is 259 g/mol. The summed E-state index contributed by atoms with van der Waals surface area (Å²) in [4.78, 5) is 0. The van der Waals surface area contributed by atoms with Crippen molar-refractivity contribution in [2.45, 2.75) is 59.4 Å². The van der Waals surface area contributed by atoms with Crippen LogP contribution in [0.25, 0.3) is 0 Å². The molecule has 106 valence electrons. The maximum absolute atomic E-state index is 3.74. The fourth-order valence-electron chi connectivity index (χ4n) is 2.54. The summed E-state index contributed by atoms with van der Waals surface area (Å²) in [6.45, 7) is 12.6. The number of rotatable bonds is 4. The van der Waals surface area contributed by atoms with Crippen molar-refractivity contribution in [2.75, 3.05) is 6.54 Å². The van der Waals surface area contributed by atoms with E-state index in [-0.39, 0.29) is 0 Å². The van der Waals surface area contributed by atoms with E-state index in [1.807, 2.05) is 0 Å². The lowest BCUT2D eigenvalue weighted by Gasteiger charge is -2.38. The Kier molecular flexibility index (Phi) is 4.35. The van der Waals surface area contributed by atoms with Crippen molar-refractivity contribution in [3.63, 3.8) is 0 Å². The molecule has 19 heavy (non-hydrogen) atoms. The predicted octanol–water partition coefficient (Wildman–Crippen LogP) is 4.51. The molecule has 1 aromatic rings. The van der Waals surface area contributed by atoms with E-state index in [0.717, 1.165) is 24.4 Å². The second-order valence-corrected chi connectivity index (χ2v) is 7.45. The summed E-state index contributed by atoms with van der Waals surface area (Å²) in [6, 6.07) is 9.80. The molecule has 1 saturated carbocycles. The van der Waals surface area contributed by atoms with Gasteiger partial charge in [-0.25, -0.2) is 0 Å². The molecule has 2 rings (SSSR count). The molecule has 1 aliphatic carbocycles. The summed E-state index contributed by atoms with van der Waals surface area (Å²) < 4.78 is 0. The second-order valence-electron chi connectivity index (χ2n) is 7.45. The summed E-state index contributed by atoms with van der Waals surface area (Å²) in [5.74, 6) is 1.51. The van der Waals surface area contributed by atoms with E-state index in [0.29, 0.717) is 5.41 Å². The number of nitrogens with one attached hydrogen (secondary N) is 1. The number of hydrogen-bond donors (Lipinski definition) is 1. The van der Waals surface area contributed by atoms with Crippen molar-refractivity contribution < 1.29 is 0 Å². The first-order valence-electron chi connectivity index (χ1n) is 7.66. The molecule has 1 unspecified atom stereocenters. The van der Waals surface area contributed by atoms with Gasteiger partial charge in [-0.1, -0.05) is 57.5 Å². The van der Waals surface area contributed by atoms with E-state index in [2.05, 4.69) is 64.2 Å². The fraction of sp³-hybridized carbons (Fsp3) is 0.667. The van der Waals surface area contributed by atoms with E-state index in [4.69, 9.17) is 0 Å². The zero-order chi connectivity index (χ0) is 14.0. The first-order valence-corrected chi connectivity index (χ1v) is 7.66. The molecule has 1 atom stereocenters. The minimum absolute atomic E-state index is 0.410. The van der Waals surface area contributed by atoms with E-state index in [9.17, 15) is 0 Å². The van der Waals surface area contributed by atoms with Crippen LogP contribution < -0.4 is 5.32 Å². The van der Waals surface area contributed by atoms with Crippen LogP contribution in [0, 0.1) is 18.3 Å². The highest BCUT2D eigenvalue weighted by Gasteiger charge is 2.30. The van der Waals surface area contributed by atoms with Crippen LogP contribution in [-0.4, -0.2) is 12.6 Å². The lowest BCUT2D eigenvalue weighted by Crippen LogP contribution is -2.43. The van der Waals surface area contributed by atoms with Crippen molar-refractivity contribution in [2.24, 2.45) is 11.3 Å². The van der Waals surface area contributed by atoms with Gasteiger partial charge in [0, 0.05) is 6.04 Å². The molecule has 1 N–H and O–H groups in total. The van der Waals surface area contributed by atoms with Gasteiger partial charge in [-0.3, -0.25) is 0 Å². The van der Waals surface area contributed by atoms with Crippen molar-refractivity contribution in [3.05, 3.63) is 35.4 Å². The van der Waals surface area contributed by atoms with Crippen molar-refractivity contribution >= 4 is 0 Å². The average molecular weight is 259 g/mol. The molecule has 0 aromatic heterocycles. The zero-order valence-corrected chi connectivity index (χ0v) is 13.2. The third-order valence-electron chi connectivity index (χ3n) is 4.88. The maximum Gasteiger partial charge on any atom is 0.00788 e. The minimum Gasteiger partial charge on any atom is -0.314 e. The van der Waals surface area contributed by atoms with Crippen LogP contribution in [0.5, 0.6) is 0 Å². The van der Waals surface area contributed by atoms with Crippen molar-refractivity contribution in [1.82, 2.24) is 5.32 Å². The highest BCUT2D eigenvalue weighted by Crippen LogP contribution is 2.37. The fourth-order valence-corrected chi connectivity index (χ4v) is 2.54. The first-order chi connectivity index (χ1) is 8.86. The van der Waals surface area contributed by atoms with Crippen LogP contribution in [0.1, 0.15) is 57.6 Å². The van der Waals surface area contributed by atoms with Crippen LogP contribution in [0.15, 0.2) is 24.3 Å². The molecular formula is C18H29N. The molecular weight excluding hydrogens is 230 g/mol. The SMILES string of the molecule is Cc1ccc(C2CC(NCC(C)C(C)(C)C)C2)cc1. The molecule has 1 heteroatoms. The Labute approximate surface area is 118 Å². The highest BCUT2D eigenvalue weighted by molar-refractivity contribution is 5.26. The Balaban J connectivity index is 1.73. The topological polar surface area (TPSA) is 12.0 Å². The van der Waals surface area contributed by atoms with Gasteiger partial charge >= 0.3 is 0 Å². The molecule has 1 fully saturated rings. The Hall–Kier alpha value is -0.820. The average Bonchev–Trinajstić information content (AvgIpc) is 2.27. The van der Waals surface area contributed by atoms with Gasteiger partial charge < -0.3 is 5.32 Å². The molecule has 0 heterocycles. The Morgan fingerprint density at radius 1 is 1.16 bits per heavy atom. The molecule has 0 amide bonds. The molecule has 0 bridgehead atoms. The lowest BCUT2D eigenvalue weighted by molar-refractivity contribution is 0.215. The smallest absolute Gasteiger partial charge is 0.00788 e. The third-order valence-corrected chi connectivity index (χ3v) is 4.88. The Bertz CT molecular complexity index is 393. The van der Waals surface area contributed by atoms with Gasteiger partial charge in [-0.05, 0) is 49.1 Å². The van der Waals surface area contributed by atoms with Crippen LogP contribution in [0.4, 0.5) is 0 Å². The maximum atomic E-state index is 3.74. The largest absolute Gasteiger partial charge is 0.314 e. The quantitative estimate of drug-likeness (QED) is 0.838. The lowest BCUT2D eigenvalue weighted by atomic mass is 9.75. The summed E-state index contributed by atoms with van der Waals surface area (Å²) in [5.41, 5.74) is 3.29. The van der Waals surface area contributed by atoms with E-state index < -0.39 is 0 Å². The van der Waals surface area contributed by atoms with Gasteiger partial charge in [0.2, 0.25) is 0 Å². The van der Waals surface area contributed by atoms with E-state index in [1.54, 1.807) is 0 Å². The highest BCUT2D eigenvalue weighted by atomic mass is 14.9. The number of hydrogen-bond acceptors (Lipinski definition) is 1. The van der Waals surface area contributed by atoms with Gasteiger partial charge in [0.25, 0.3) is 0 Å². The van der Waals surface area contributed by atoms with Gasteiger partial charge in [0.05, 0.1) is 0 Å². The first kappa shape index (κ1) is 14.6. The number of benzene rings is 1. The molecule has 0 spiro atoms. The Morgan fingerprint density at radius 2 is 1.74 bits per heavy atom. The molecule has 0 radical (unpaired) electrons. The number of aryl methyl sites for hydroxylation is 1. The second kappa shape index (κ2) is 5.66. The van der Waals surface area contributed by atoms with E-state index >= 15 is 0 Å². The summed E-state index contributed by atoms with van der Waals surface area (Å²) in [7, 11) is 0. The molecule has 0 saturated heterocycles. The Morgan fingerprint density at radius 3 is 2.26 bits per heavy atom. The summed E-state index contributed by atoms with van der Waals surface area (Å²) in [5, 5.41) is 3.74. The van der Waals surface area contributed by atoms with Crippen LogP contribution in [0.3, 0.4) is 0 Å². The van der Waals surface area contributed by atoms with Crippen molar-refractivity contribution in [1.29, 1.82) is 0 Å². The summed E-state index contributed by atoms with van der Waals surface area (Å²) >= 11 is 0. The zero-order valence-electron chi connectivity index (χ0n) is 13.2. The molecule has 0 aliphatic heterocycles. The van der Waals surface area contributed by atoms with Gasteiger partial charge in [-0.15, -0.1) is 0 Å². The molecule has 1 nitrogen and oxygen atoms in total. The van der Waals surface area contributed by atoms with Crippen LogP contribution in [-0.2, 0) is 0 Å². The molecule has 1 aromatic carbocycles. The standard InChI is InChI=1S/C18H29N/c1-13-6-8-15(9-7-13)16-10-17(11-16)19-12-14(2)18(3,4)5/h6-9,14,16-17,19H,10-12H2,1-5H3. The third kappa shape index (κ3) is 3.82. The van der Waals surface area contributed by atoms with Gasteiger partial charge in [0.1, 0.15) is 0 Å². The predicted molar refractivity (Wildman–Crippen MR) is 83.6 cm³/mol. The van der Waals surface area contributed by atoms with E-state index in [1.165, 1.54) is 24.0 Å². The van der Waals surface area contributed by atoms with Crippen molar-refractivity contribution in [3.8, 4) is 0 Å². The van der Waals surface area contributed by atoms with Gasteiger partial charge in [-0.2, -0.15) is 0 Å². The van der Waals surface area contributed by atoms with Crippen LogP contribution in [0.2, 0.25) is 0 Å². The van der Waals surface area contributed by atoms with Crippen LogP contribution >= 0.6 is 0 Å².